The molecule has 0 aliphatic heterocycles. The Hall–Kier alpha value is -2.83. The normalized spacial score (nSPS) is 11.3. The van der Waals surface area contributed by atoms with Crippen LogP contribution in [0.2, 0.25) is 10.0 Å². The number of hydrogen-bond donors (Lipinski definition) is 0. The summed E-state index contributed by atoms with van der Waals surface area (Å²) >= 11 is 12.2. The fourth-order valence-corrected chi connectivity index (χ4v) is 3.35. The summed E-state index contributed by atoms with van der Waals surface area (Å²) in [4.78, 5) is 14.7. The molecule has 6 nitrogen and oxygen atoms in total. The van der Waals surface area contributed by atoms with E-state index < -0.39 is 0 Å². The largest absolute Gasteiger partial charge is 0.451 e. The molecule has 0 N–H and O–H groups in total. The highest BCUT2D eigenvalue weighted by Crippen LogP contribution is 2.28. The first-order valence-electron chi connectivity index (χ1n) is 8.99. The number of hydrogen-bond acceptors (Lipinski definition) is 5. The van der Waals surface area contributed by atoms with Gasteiger partial charge in [-0.15, -0.1) is 10.2 Å². The predicted octanol–water partition coefficient (Wildman–Crippen LogP) is 5.84. The standard InChI is InChI=1S/C21H17Cl2N3O3/c1-12(2)26(21(27)18-10-13-9-14(22)7-8-17(13)28-18)11-19-24-25-20(29-19)15-5-3-4-6-16(15)23/h3-10,12H,11H2,1-2H3. The number of rotatable bonds is 5. The minimum absolute atomic E-state index is 0.116. The second-order valence-electron chi connectivity index (χ2n) is 6.80. The molecule has 29 heavy (non-hydrogen) atoms. The maximum Gasteiger partial charge on any atom is 0.290 e. The molecule has 1 amide bonds. The van der Waals surface area contributed by atoms with Crippen molar-refractivity contribution in [1.82, 2.24) is 15.1 Å². The van der Waals surface area contributed by atoms with Crippen LogP contribution in [0.25, 0.3) is 22.4 Å². The molecule has 0 bridgehead atoms. The lowest BCUT2D eigenvalue weighted by molar-refractivity contribution is 0.0642. The predicted molar refractivity (Wildman–Crippen MR) is 111 cm³/mol. The molecule has 0 aliphatic rings. The molecular formula is C21H17Cl2N3O3. The van der Waals surface area contributed by atoms with E-state index in [1.165, 1.54) is 0 Å². The Bertz CT molecular complexity index is 1180. The molecule has 0 spiro atoms. The van der Waals surface area contributed by atoms with E-state index in [4.69, 9.17) is 32.0 Å². The monoisotopic (exact) mass is 429 g/mol. The number of aromatic nitrogens is 2. The molecular weight excluding hydrogens is 413 g/mol. The van der Waals surface area contributed by atoms with Crippen molar-refractivity contribution in [2.24, 2.45) is 0 Å². The molecule has 4 rings (SSSR count). The van der Waals surface area contributed by atoms with Crippen LogP contribution in [0.3, 0.4) is 0 Å². The van der Waals surface area contributed by atoms with Crippen molar-refractivity contribution in [3.05, 3.63) is 70.2 Å². The Labute approximate surface area is 177 Å². The van der Waals surface area contributed by atoms with E-state index in [1.807, 2.05) is 26.0 Å². The van der Waals surface area contributed by atoms with Gasteiger partial charge in [-0.25, -0.2) is 0 Å². The van der Waals surface area contributed by atoms with Crippen LogP contribution >= 0.6 is 23.2 Å². The van der Waals surface area contributed by atoms with E-state index in [9.17, 15) is 4.79 Å². The average molecular weight is 430 g/mol. The van der Waals surface area contributed by atoms with Crippen LogP contribution < -0.4 is 0 Å². The van der Waals surface area contributed by atoms with Crippen molar-refractivity contribution >= 4 is 40.1 Å². The first-order valence-corrected chi connectivity index (χ1v) is 9.75. The van der Waals surface area contributed by atoms with Crippen LogP contribution in [0.4, 0.5) is 0 Å². The van der Waals surface area contributed by atoms with E-state index in [1.54, 1.807) is 41.3 Å². The molecule has 0 fully saturated rings. The number of fused-ring (bicyclic) bond motifs is 1. The van der Waals surface area contributed by atoms with Crippen LogP contribution in [0.5, 0.6) is 0 Å². The number of carbonyl (C=O) groups is 1. The zero-order valence-electron chi connectivity index (χ0n) is 15.7. The fourth-order valence-electron chi connectivity index (χ4n) is 2.96. The van der Waals surface area contributed by atoms with Crippen LogP contribution in [-0.2, 0) is 6.54 Å². The van der Waals surface area contributed by atoms with Gasteiger partial charge >= 0.3 is 0 Å². The maximum absolute atomic E-state index is 13.1. The highest BCUT2D eigenvalue weighted by atomic mass is 35.5. The van der Waals surface area contributed by atoms with Gasteiger partial charge in [0.2, 0.25) is 11.8 Å². The van der Waals surface area contributed by atoms with E-state index in [0.717, 1.165) is 5.39 Å². The van der Waals surface area contributed by atoms with E-state index in [2.05, 4.69) is 10.2 Å². The maximum atomic E-state index is 13.1. The van der Waals surface area contributed by atoms with Gasteiger partial charge in [-0.3, -0.25) is 4.79 Å². The van der Waals surface area contributed by atoms with E-state index in [-0.39, 0.29) is 24.3 Å². The molecule has 0 saturated heterocycles. The number of benzene rings is 2. The Kier molecular flexibility index (Phi) is 5.30. The summed E-state index contributed by atoms with van der Waals surface area (Å²) in [6, 6.07) is 14.0. The highest BCUT2D eigenvalue weighted by molar-refractivity contribution is 6.33. The smallest absolute Gasteiger partial charge is 0.290 e. The van der Waals surface area contributed by atoms with E-state index >= 15 is 0 Å². The van der Waals surface area contributed by atoms with Gasteiger partial charge in [0.15, 0.2) is 5.76 Å². The zero-order chi connectivity index (χ0) is 20.5. The Balaban J connectivity index is 1.59. The van der Waals surface area contributed by atoms with Crippen molar-refractivity contribution in [3.8, 4) is 11.5 Å². The molecule has 0 atom stereocenters. The Morgan fingerprint density at radius 1 is 1.07 bits per heavy atom. The lowest BCUT2D eigenvalue weighted by atomic mass is 10.2. The zero-order valence-corrected chi connectivity index (χ0v) is 17.2. The first-order chi connectivity index (χ1) is 13.9. The van der Waals surface area contributed by atoms with Gasteiger partial charge in [0.05, 0.1) is 17.1 Å². The third kappa shape index (κ3) is 3.99. The molecule has 0 radical (unpaired) electrons. The van der Waals surface area contributed by atoms with Gasteiger partial charge in [-0.2, -0.15) is 0 Å². The van der Waals surface area contributed by atoms with Crippen LogP contribution in [0.1, 0.15) is 30.3 Å². The Morgan fingerprint density at radius 3 is 2.62 bits per heavy atom. The van der Waals surface area contributed by atoms with Crippen molar-refractivity contribution in [1.29, 1.82) is 0 Å². The van der Waals surface area contributed by atoms with Gasteiger partial charge in [-0.1, -0.05) is 35.3 Å². The van der Waals surface area contributed by atoms with Gasteiger partial charge in [0.25, 0.3) is 5.91 Å². The minimum atomic E-state index is -0.273. The molecule has 8 heteroatoms. The van der Waals surface area contributed by atoms with Crippen molar-refractivity contribution in [2.45, 2.75) is 26.4 Å². The summed E-state index contributed by atoms with van der Waals surface area (Å²) < 4.78 is 11.5. The van der Waals surface area contributed by atoms with Crippen molar-refractivity contribution < 1.29 is 13.6 Å². The third-order valence-electron chi connectivity index (χ3n) is 4.45. The van der Waals surface area contributed by atoms with Crippen LogP contribution in [-0.4, -0.2) is 27.0 Å². The van der Waals surface area contributed by atoms with Gasteiger partial charge in [0.1, 0.15) is 5.58 Å². The fraction of sp³-hybridized carbons (Fsp3) is 0.190. The van der Waals surface area contributed by atoms with Crippen molar-refractivity contribution in [2.75, 3.05) is 0 Å². The molecule has 0 unspecified atom stereocenters. The summed E-state index contributed by atoms with van der Waals surface area (Å²) in [5.74, 6) is 0.563. The van der Waals surface area contributed by atoms with Gasteiger partial charge < -0.3 is 13.7 Å². The first kappa shape index (κ1) is 19.5. The SMILES string of the molecule is CC(C)N(Cc1nnc(-c2ccccc2Cl)o1)C(=O)c1cc2cc(Cl)ccc2o1. The summed E-state index contributed by atoms with van der Waals surface area (Å²) in [6.07, 6.45) is 0. The highest BCUT2D eigenvalue weighted by Gasteiger charge is 2.25. The van der Waals surface area contributed by atoms with Gasteiger partial charge in [0, 0.05) is 16.5 Å². The summed E-state index contributed by atoms with van der Waals surface area (Å²) in [7, 11) is 0. The molecule has 2 heterocycles. The number of halogens is 2. The molecule has 148 valence electrons. The number of carbonyl (C=O) groups excluding carboxylic acids is 1. The second kappa shape index (κ2) is 7.89. The van der Waals surface area contributed by atoms with E-state index in [0.29, 0.717) is 33.0 Å². The van der Waals surface area contributed by atoms with Crippen molar-refractivity contribution in [3.63, 3.8) is 0 Å². The summed E-state index contributed by atoms with van der Waals surface area (Å²) in [5, 5.41) is 9.99. The van der Waals surface area contributed by atoms with Crippen LogP contribution in [0.15, 0.2) is 57.4 Å². The summed E-state index contributed by atoms with van der Waals surface area (Å²) in [5.41, 5.74) is 1.24. The second-order valence-corrected chi connectivity index (χ2v) is 7.64. The van der Waals surface area contributed by atoms with Crippen LogP contribution in [0, 0.1) is 0 Å². The number of amides is 1. The van der Waals surface area contributed by atoms with Gasteiger partial charge in [-0.05, 0) is 50.2 Å². The average Bonchev–Trinajstić information content (AvgIpc) is 3.32. The third-order valence-corrected chi connectivity index (χ3v) is 5.01. The molecule has 2 aromatic carbocycles. The minimum Gasteiger partial charge on any atom is -0.451 e. The molecule has 4 aromatic rings. The lowest BCUT2D eigenvalue weighted by Gasteiger charge is -2.24. The Morgan fingerprint density at radius 2 is 1.86 bits per heavy atom. The number of nitrogens with zero attached hydrogens (tertiary/aromatic N) is 3. The lowest BCUT2D eigenvalue weighted by Crippen LogP contribution is -2.36. The molecule has 0 saturated carbocycles. The molecule has 2 aromatic heterocycles. The topological polar surface area (TPSA) is 72.4 Å². The quantitative estimate of drug-likeness (QED) is 0.398. The molecule has 0 aliphatic carbocycles. The summed E-state index contributed by atoms with van der Waals surface area (Å²) in [6.45, 7) is 3.96. The number of furan rings is 1.